The molecule has 1 atom stereocenters. The van der Waals surface area contributed by atoms with Crippen molar-refractivity contribution >= 4 is 40.8 Å². The van der Waals surface area contributed by atoms with Crippen LogP contribution in [0.15, 0.2) is 53.7 Å². The highest BCUT2D eigenvalue weighted by Crippen LogP contribution is 2.33. The Bertz CT molecular complexity index is 902. The molecular formula is C19H16Cl2N2O4. The van der Waals surface area contributed by atoms with Gasteiger partial charge in [0.15, 0.2) is 0 Å². The molecule has 0 bridgehead atoms. The number of amides is 1. The van der Waals surface area contributed by atoms with Gasteiger partial charge in [0.1, 0.15) is 0 Å². The Hall–Kier alpha value is -2.57. The van der Waals surface area contributed by atoms with E-state index in [1.807, 2.05) is 30.3 Å². The van der Waals surface area contributed by atoms with Gasteiger partial charge in [0, 0.05) is 23.6 Å². The molecule has 8 heteroatoms. The summed E-state index contributed by atoms with van der Waals surface area (Å²) in [6.07, 6.45) is -0.535. The van der Waals surface area contributed by atoms with Crippen molar-refractivity contribution < 1.29 is 19.5 Å². The van der Waals surface area contributed by atoms with Crippen LogP contribution < -0.4 is 5.32 Å². The Morgan fingerprint density at radius 1 is 1.19 bits per heavy atom. The number of carbonyl (C=O) groups excluding carboxylic acids is 1. The van der Waals surface area contributed by atoms with E-state index in [4.69, 9.17) is 28.0 Å². The van der Waals surface area contributed by atoms with Crippen molar-refractivity contribution in [1.29, 1.82) is 0 Å². The van der Waals surface area contributed by atoms with Crippen LogP contribution in [0.4, 0.5) is 0 Å². The van der Waals surface area contributed by atoms with Crippen molar-refractivity contribution in [2.45, 2.75) is 25.0 Å². The highest BCUT2D eigenvalue weighted by molar-refractivity contribution is 6.37. The fourth-order valence-electron chi connectivity index (χ4n) is 2.83. The predicted octanol–water partition coefficient (Wildman–Crippen LogP) is 3.65. The number of hydrogen-bond acceptors (Lipinski definition) is 4. The highest BCUT2D eigenvalue weighted by Gasteiger charge is 2.48. The Labute approximate surface area is 165 Å². The van der Waals surface area contributed by atoms with Gasteiger partial charge in [-0.2, -0.15) is 0 Å². The van der Waals surface area contributed by atoms with Gasteiger partial charge in [-0.15, -0.1) is 0 Å². The first kappa shape index (κ1) is 19.2. The molecule has 0 fully saturated rings. The van der Waals surface area contributed by atoms with Crippen molar-refractivity contribution in [1.82, 2.24) is 5.32 Å². The Morgan fingerprint density at radius 3 is 2.59 bits per heavy atom. The maximum absolute atomic E-state index is 12.8. The summed E-state index contributed by atoms with van der Waals surface area (Å²) in [6, 6.07) is 14.1. The van der Waals surface area contributed by atoms with E-state index in [-0.39, 0.29) is 13.0 Å². The summed E-state index contributed by atoms with van der Waals surface area (Å²) in [5.74, 6) is -1.71. The molecule has 0 saturated carbocycles. The number of rotatable bonds is 6. The van der Waals surface area contributed by atoms with E-state index in [1.165, 1.54) is 0 Å². The fraction of sp³-hybridized carbons (Fsp3) is 0.211. The summed E-state index contributed by atoms with van der Waals surface area (Å²) >= 11 is 12.1. The number of nitrogens with one attached hydrogen (secondary N) is 1. The van der Waals surface area contributed by atoms with Crippen LogP contribution >= 0.6 is 23.2 Å². The molecule has 0 spiro atoms. The SMILES string of the molecule is O=C(O)C[C@]1(C(=O)NCc2ccccc2)CC(c2ccc(Cl)cc2Cl)=NO1. The molecule has 1 aliphatic rings. The van der Waals surface area contributed by atoms with Gasteiger partial charge in [-0.05, 0) is 17.7 Å². The zero-order chi connectivity index (χ0) is 19.4. The first-order chi connectivity index (χ1) is 12.9. The van der Waals surface area contributed by atoms with Crippen LogP contribution in [0.2, 0.25) is 10.0 Å². The monoisotopic (exact) mass is 406 g/mol. The number of hydrogen-bond donors (Lipinski definition) is 2. The molecule has 0 unspecified atom stereocenters. The van der Waals surface area contributed by atoms with Gasteiger partial charge < -0.3 is 15.3 Å². The first-order valence-corrected chi connectivity index (χ1v) is 8.90. The zero-order valence-electron chi connectivity index (χ0n) is 14.1. The molecule has 0 saturated heterocycles. The van der Waals surface area contributed by atoms with Gasteiger partial charge in [0.05, 0.1) is 17.2 Å². The Kier molecular flexibility index (Phi) is 5.68. The van der Waals surface area contributed by atoms with Crippen LogP contribution in [0.3, 0.4) is 0 Å². The summed E-state index contributed by atoms with van der Waals surface area (Å²) < 4.78 is 0. The summed E-state index contributed by atoms with van der Waals surface area (Å²) in [4.78, 5) is 29.5. The Balaban J connectivity index is 1.78. The normalized spacial score (nSPS) is 18.5. The lowest BCUT2D eigenvalue weighted by molar-refractivity contribution is -0.156. The van der Waals surface area contributed by atoms with Crippen LogP contribution in [0.25, 0.3) is 0 Å². The van der Waals surface area contributed by atoms with Crippen molar-refractivity contribution in [2.75, 3.05) is 0 Å². The molecule has 1 amide bonds. The molecule has 2 aromatic carbocycles. The zero-order valence-corrected chi connectivity index (χ0v) is 15.6. The molecule has 140 valence electrons. The number of nitrogens with zero attached hydrogens (tertiary/aromatic N) is 1. The Morgan fingerprint density at radius 2 is 1.93 bits per heavy atom. The molecule has 1 heterocycles. The second-order valence-electron chi connectivity index (χ2n) is 6.16. The average Bonchev–Trinajstić information content (AvgIpc) is 3.05. The largest absolute Gasteiger partial charge is 0.481 e. The lowest BCUT2D eigenvalue weighted by Crippen LogP contribution is -2.48. The van der Waals surface area contributed by atoms with Crippen molar-refractivity contribution in [3.63, 3.8) is 0 Å². The van der Waals surface area contributed by atoms with Crippen molar-refractivity contribution in [3.8, 4) is 0 Å². The third-order valence-corrected chi connectivity index (χ3v) is 4.72. The average molecular weight is 407 g/mol. The van der Waals surface area contributed by atoms with Gasteiger partial charge in [-0.1, -0.05) is 64.8 Å². The lowest BCUT2D eigenvalue weighted by Gasteiger charge is -2.23. The molecule has 0 aliphatic carbocycles. The van der Waals surface area contributed by atoms with E-state index < -0.39 is 23.9 Å². The topological polar surface area (TPSA) is 88.0 Å². The molecule has 27 heavy (non-hydrogen) atoms. The molecule has 2 N–H and O–H groups in total. The standard InChI is InChI=1S/C19H16Cl2N2O4/c20-13-6-7-14(15(21)8-13)16-9-19(27-23-16,10-17(24)25)18(26)22-11-12-4-2-1-3-5-12/h1-8H,9-11H2,(H,22,26)(H,24,25)/t19-/m0/s1. The number of carbonyl (C=O) groups is 2. The van der Waals surface area contributed by atoms with E-state index in [9.17, 15) is 14.7 Å². The molecule has 1 aliphatic heterocycles. The lowest BCUT2D eigenvalue weighted by atomic mass is 9.90. The first-order valence-electron chi connectivity index (χ1n) is 8.14. The molecule has 3 rings (SSSR count). The van der Waals surface area contributed by atoms with E-state index >= 15 is 0 Å². The second kappa shape index (κ2) is 7.98. The third-order valence-electron chi connectivity index (χ3n) is 4.17. The molecule has 2 aromatic rings. The van der Waals surface area contributed by atoms with Gasteiger partial charge in [-0.25, -0.2) is 0 Å². The molecular weight excluding hydrogens is 391 g/mol. The molecule has 6 nitrogen and oxygen atoms in total. The summed E-state index contributed by atoms with van der Waals surface area (Å²) in [7, 11) is 0. The second-order valence-corrected chi connectivity index (χ2v) is 7.01. The van der Waals surface area contributed by atoms with Crippen LogP contribution in [0, 0.1) is 0 Å². The van der Waals surface area contributed by atoms with E-state index in [2.05, 4.69) is 10.5 Å². The minimum atomic E-state index is -1.63. The number of oxime groups is 1. The predicted molar refractivity (Wildman–Crippen MR) is 102 cm³/mol. The number of halogens is 2. The minimum absolute atomic E-state index is 0.0126. The van der Waals surface area contributed by atoms with E-state index in [0.717, 1.165) is 5.56 Å². The highest BCUT2D eigenvalue weighted by atomic mass is 35.5. The number of carboxylic acids is 1. The van der Waals surface area contributed by atoms with Gasteiger partial charge in [0.25, 0.3) is 5.91 Å². The maximum Gasteiger partial charge on any atom is 0.308 e. The number of carboxylic acid groups (broad SMARTS) is 1. The molecule has 0 radical (unpaired) electrons. The maximum atomic E-state index is 12.8. The van der Waals surface area contributed by atoms with Crippen LogP contribution in [0.5, 0.6) is 0 Å². The summed E-state index contributed by atoms with van der Waals surface area (Å²) in [6.45, 7) is 0.251. The molecule has 0 aromatic heterocycles. The summed E-state index contributed by atoms with van der Waals surface area (Å²) in [5, 5.41) is 16.7. The van der Waals surface area contributed by atoms with Crippen molar-refractivity contribution in [2.24, 2.45) is 5.16 Å². The van der Waals surface area contributed by atoms with E-state index in [0.29, 0.717) is 21.3 Å². The fourth-order valence-corrected chi connectivity index (χ4v) is 3.34. The van der Waals surface area contributed by atoms with Crippen LogP contribution in [-0.4, -0.2) is 28.3 Å². The van der Waals surface area contributed by atoms with Crippen molar-refractivity contribution in [3.05, 3.63) is 69.7 Å². The quantitative estimate of drug-likeness (QED) is 0.765. The van der Waals surface area contributed by atoms with Crippen LogP contribution in [0.1, 0.15) is 24.0 Å². The van der Waals surface area contributed by atoms with Crippen LogP contribution in [-0.2, 0) is 21.0 Å². The smallest absolute Gasteiger partial charge is 0.308 e. The number of benzene rings is 2. The van der Waals surface area contributed by atoms with Gasteiger partial charge in [-0.3, -0.25) is 9.59 Å². The minimum Gasteiger partial charge on any atom is -0.481 e. The van der Waals surface area contributed by atoms with Gasteiger partial charge >= 0.3 is 5.97 Å². The summed E-state index contributed by atoms with van der Waals surface area (Å²) in [5.41, 5.74) is 0.201. The van der Waals surface area contributed by atoms with E-state index in [1.54, 1.807) is 18.2 Å². The third kappa shape index (κ3) is 4.40. The van der Waals surface area contributed by atoms with Gasteiger partial charge in [0.2, 0.25) is 5.60 Å². The number of aliphatic carboxylic acids is 1.